The third-order valence-electron chi connectivity index (χ3n) is 4.64. The van der Waals surface area contributed by atoms with E-state index in [0.717, 1.165) is 9.13 Å². The number of methoxy groups -OCH3 is 1. The molecule has 34 heavy (non-hydrogen) atoms. The molecule has 0 atom stereocenters. The van der Waals surface area contributed by atoms with Crippen molar-refractivity contribution in [3.63, 3.8) is 0 Å². The zero-order valence-corrected chi connectivity index (χ0v) is 21.3. The first-order valence-corrected chi connectivity index (χ1v) is 11.7. The SMILES string of the molecule is COc1cc(/C=C(\C#N)C(=O)Nc2ccc(OCc3ccccc3)cc2)cc(I)c1OC(C)C. The number of ether oxygens (including phenoxy) is 3. The van der Waals surface area contributed by atoms with Crippen LogP contribution in [-0.4, -0.2) is 19.1 Å². The summed E-state index contributed by atoms with van der Waals surface area (Å²) in [6.45, 7) is 4.32. The molecule has 0 aliphatic rings. The number of benzene rings is 3. The summed E-state index contributed by atoms with van der Waals surface area (Å²) in [5.41, 5.74) is 2.26. The molecule has 0 radical (unpaired) electrons. The fourth-order valence-corrected chi connectivity index (χ4v) is 3.81. The van der Waals surface area contributed by atoms with Gasteiger partial charge < -0.3 is 19.5 Å². The second-order valence-corrected chi connectivity index (χ2v) is 8.79. The molecule has 6 nitrogen and oxygen atoms in total. The molecule has 3 aromatic rings. The van der Waals surface area contributed by atoms with Gasteiger partial charge in [-0.15, -0.1) is 0 Å². The van der Waals surface area contributed by atoms with Gasteiger partial charge in [-0.2, -0.15) is 5.26 Å². The molecule has 1 N–H and O–H groups in total. The van der Waals surface area contributed by atoms with E-state index in [9.17, 15) is 10.1 Å². The average Bonchev–Trinajstić information content (AvgIpc) is 2.83. The van der Waals surface area contributed by atoms with Crippen LogP contribution in [0.4, 0.5) is 5.69 Å². The van der Waals surface area contributed by atoms with E-state index in [-0.39, 0.29) is 11.7 Å². The van der Waals surface area contributed by atoms with Crippen LogP contribution in [0.2, 0.25) is 0 Å². The lowest BCUT2D eigenvalue weighted by atomic mass is 10.1. The van der Waals surface area contributed by atoms with Gasteiger partial charge in [0.25, 0.3) is 5.91 Å². The van der Waals surface area contributed by atoms with Gasteiger partial charge >= 0.3 is 0 Å². The van der Waals surface area contributed by atoms with Crippen LogP contribution in [0.15, 0.2) is 72.3 Å². The highest BCUT2D eigenvalue weighted by Crippen LogP contribution is 2.35. The predicted octanol–water partition coefficient (Wildman–Crippen LogP) is 6.21. The normalized spacial score (nSPS) is 11.0. The minimum absolute atomic E-state index is 0.0145. The molecule has 0 aliphatic carbocycles. The second kappa shape index (κ2) is 12.1. The highest BCUT2D eigenvalue weighted by atomic mass is 127. The van der Waals surface area contributed by atoms with Crippen molar-refractivity contribution in [3.05, 3.63) is 87.0 Å². The van der Waals surface area contributed by atoms with Crippen LogP contribution in [0, 0.1) is 14.9 Å². The maximum absolute atomic E-state index is 12.7. The Labute approximate surface area is 213 Å². The number of rotatable bonds is 9. The van der Waals surface area contributed by atoms with Crippen molar-refractivity contribution in [2.75, 3.05) is 12.4 Å². The Kier molecular flexibility index (Phi) is 8.93. The Hall–Kier alpha value is -3.51. The summed E-state index contributed by atoms with van der Waals surface area (Å²) < 4.78 is 17.9. The summed E-state index contributed by atoms with van der Waals surface area (Å²) in [5.74, 6) is 1.35. The summed E-state index contributed by atoms with van der Waals surface area (Å²) >= 11 is 2.15. The number of halogens is 1. The molecule has 3 rings (SSSR count). The fourth-order valence-electron chi connectivity index (χ4n) is 3.06. The summed E-state index contributed by atoms with van der Waals surface area (Å²) in [4.78, 5) is 12.7. The van der Waals surface area contributed by atoms with Crippen LogP contribution < -0.4 is 19.5 Å². The summed E-state index contributed by atoms with van der Waals surface area (Å²) in [6.07, 6.45) is 1.51. The minimum atomic E-state index is -0.503. The Balaban J connectivity index is 1.69. The summed E-state index contributed by atoms with van der Waals surface area (Å²) in [7, 11) is 1.55. The predicted molar refractivity (Wildman–Crippen MR) is 141 cm³/mol. The molecular formula is C27H25IN2O4. The third-order valence-corrected chi connectivity index (χ3v) is 5.44. The summed E-state index contributed by atoms with van der Waals surface area (Å²) in [5, 5.41) is 12.3. The molecule has 0 heterocycles. The molecule has 1 amide bonds. The molecule has 0 aromatic heterocycles. The van der Waals surface area contributed by atoms with Crippen molar-refractivity contribution in [3.8, 4) is 23.3 Å². The molecule has 3 aromatic carbocycles. The monoisotopic (exact) mass is 568 g/mol. The van der Waals surface area contributed by atoms with E-state index in [2.05, 4.69) is 27.9 Å². The molecule has 174 valence electrons. The number of carbonyl (C=O) groups excluding carboxylic acids is 1. The number of nitrogens with one attached hydrogen (secondary N) is 1. The van der Waals surface area contributed by atoms with Gasteiger partial charge in [-0.1, -0.05) is 30.3 Å². The fraction of sp³-hybridized carbons (Fsp3) is 0.185. The van der Waals surface area contributed by atoms with Gasteiger partial charge in [0.05, 0.1) is 16.8 Å². The lowest BCUT2D eigenvalue weighted by Gasteiger charge is -2.16. The average molecular weight is 568 g/mol. The summed E-state index contributed by atoms with van der Waals surface area (Å²) in [6, 6.07) is 22.4. The van der Waals surface area contributed by atoms with Crippen molar-refractivity contribution >= 4 is 40.3 Å². The first-order chi connectivity index (χ1) is 16.4. The Morgan fingerprint density at radius 1 is 1.12 bits per heavy atom. The first-order valence-electron chi connectivity index (χ1n) is 10.6. The maximum Gasteiger partial charge on any atom is 0.266 e. The van der Waals surface area contributed by atoms with Crippen molar-refractivity contribution in [2.45, 2.75) is 26.6 Å². The van der Waals surface area contributed by atoms with Crippen molar-refractivity contribution in [1.82, 2.24) is 0 Å². The van der Waals surface area contributed by atoms with Crippen LogP contribution >= 0.6 is 22.6 Å². The Morgan fingerprint density at radius 2 is 1.82 bits per heavy atom. The van der Waals surface area contributed by atoms with Crippen LogP contribution in [0.5, 0.6) is 17.2 Å². The molecule has 0 fully saturated rings. The zero-order valence-electron chi connectivity index (χ0n) is 19.2. The largest absolute Gasteiger partial charge is 0.493 e. The highest BCUT2D eigenvalue weighted by Gasteiger charge is 2.15. The van der Waals surface area contributed by atoms with E-state index in [1.807, 2.05) is 56.3 Å². The van der Waals surface area contributed by atoms with E-state index >= 15 is 0 Å². The molecule has 0 saturated carbocycles. The van der Waals surface area contributed by atoms with Gasteiger partial charge in [-0.05, 0) is 90.0 Å². The smallest absolute Gasteiger partial charge is 0.266 e. The van der Waals surface area contributed by atoms with Gasteiger partial charge in [-0.25, -0.2) is 0 Å². The number of hydrogen-bond acceptors (Lipinski definition) is 5. The van der Waals surface area contributed by atoms with Gasteiger partial charge in [0, 0.05) is 5.69 Å². The minimum Gasteiger partial charge on any atom is -0.493 e. The third kappa shape index (κ3) is 6.99. The van der Waals surface area contributed by atoms with Crippen molar-refractivity contribution in [1.29, 1.82) is 5.26 Å². The van der Waals surface area contributed by atoms with E-state index in [1.165, 1.54) is 6.08 Å². The molecule has 0 bridgehead atoms. The zero-order chi connectivity index (χ0) is 24.5. The first kappa shape index (κ1) is 25.1. The highest BCUT2D eigenvalue weighted by molar-refractivity contribution is 14.1. The lowest BCUT2D eigenvalue weighted by molar-refractivity contribution is -0.112. The van der Waals surface area contributed by atoms with E-state index < -0.39 is 5.91 Å². The molecule has 0 aliphatic heterocycles. The van der Waals surface area contributed by atoms with Crippen LogP contribution in [-0.2, 0) is 11.4 Å². The van der Waals surface area contributed by atoms with E-state index in [0.29, 0.717) is 35.1 Å². The number of nitriles is 1. The number of amides is 1. The molecule has 0 saturated heterocycles. The number of nitrogens with zero attached hydrogens (tertiary/aromatic N) is 1. The lowest BCUT2D eigenvalue weighted by Crippen LogP contribution is -2.13. The van der Waals surface area contributed by atoms with Crippen molar-refractivity contribution < 1.29 is 19.0 Å². The standard InChI is InChI=1S/C27H25IN2O4/c1-18(2)34-26-24(28)14-20(15-25(26)32-3)13-21(16-29)27(31)30-22-9-11-23(12-10-22)33-17-19-7-5-4-6-8-19/h4-15,18H,17H2,1-3H3,(H,30,31)/b21-13+. The molecule has 0 spiro atoms. The van der Waals surface area contributed by atoms with Gasteiger partial charge in [0.15, 0.2) is 11.5 Å². The van der Waals surface area contributed by atoms with Gasteiger partial charge in [0.1, 0.15) is 24.0 Å². The topological polar surface area (TPSA) is 80.6 Å². The van der Waals surface area contributed by atoms with Crippen LogP contribution in [0.1, 0.15) is 25.0 Å². The number of carbonyl (C=O) groups is 1. The molecular weight excluding hydrogens is 543 g/mol. The Morgan fingerprint density at radius 3 is 2.44 bits per heavy atom. The maximum atomic E-state index is 12.7. The van der Waals surface area contributed by atoms with Crippen LogP contribution in [0.25, 0.3) is 6.08 Å². The van der Waals surface area contributed by atoms with Crippen molar-refractivity contribution in [2.24, 2.45) is 0 Å². The van der Waals surface area contributed by atoms with Gasteiger partial charge in [0.2, 0.25) is 0 Å². The molecule has 7 heteroatoms. The molecule has 0 unspecified atom stereocenters. The Bertz CT molecular complexity index is 1200. The number of hydrogen-bond donors (Lipinski definition) is 1. The van der Waals surface area contributed by atoms with Gasteiger partial charge in [-0.3, -0.25) is 4.79 Å². The van der Waals surface area contributed by atoms with E-state index in [4.69, 9.17) is 14.2 Å². The second-order valence-electron chi connectivity index (χ2n) is 7.62. The number of anilines is 1. The van der Waals surface area contributed by atoms with E-state index in [1.54, 1.807) is 37.4 Å². The quantitative estimate of drug-likeness (QED) is 0.189. The van der Waals surface area contributed by atoms with Crippen LogP contribution in [0.3, 0.4) is 0 Å².